The van der Waals surface area contributed by atoms with Crippen LogP contribution in [0, 0.1) is 0 Å². The maximum atomic E-state index is 9.80. The number of hydrogen-bond donors (Lipinski definition) is 2. The zero-order chi connectivity index (χ0) is 11.8. The maximum absolute atomic E-state index is 9.80. The fourth-order valence-electron chi connectivity index (χ4n) is 1.99. The second-order valence-electron chi connectivity index (χ2n) is 4.70. The maximum Gasteiger partial charge on any atom is 0.0900 e. The van der Waals surface area contributed by atoms with Gasteiger partial charge in [-0.1, -0.05) is 13.3 Å². The number of unbranched alkanes of at least 4 members (excludes halogenated alkanes) is 1. The van der Waals surface area contributed by atoms with Gasteiger partial charge in [0.2, 0.25) is 0 Å². The Hall–Kier alpha value is -0.160. The second-order valence-corrected chi connectivity index (χ2v) is 4.70. The monoisotopic (exact) mass is 230 g/mol. The lowest BCUT2D eigenvalue weighted by atomic mass is 10.2. The lowest BCUT2D eigenvalue weighted by Gasteiger charge is -2.33. The molecule has 2 atom stereocenters. The molecule has 1 rings (SSSR count). The normalized spacial score (nSPS) is 24.6. The van der Waals surface area contributed by atoms with Crippen molar-refractivity contribution in [2.75, 3.05) is 39.4 Å². The van der Waals surface area contributed by atoms with Gasteiger partial charge in [-0.25, -0.2) is 0 Å². The zero-order valence-corrected chi connectivity index (χ0v) is 10.6. The van der Waals surface area contributed by atoms with Crippen molar-refractivity contribution in [1.29, 1.82) is 0 Å². The van der Waals surface area contributed by atoms with E-state index in [1.807, 2.05) is 0 Å². The van der Waals surface area contributed by atoms with Crippen molar-refractivity contribution >= 4 is 0 Å². The van der Waals surface area contributed by atoms with Gasteiger partial charge in [0.25, 0.3) is 0 Å². The van der Waals surface area contributed by atoms with E-state index in [-0.39, 0.29) is 6.10 Å². The Morgan fingerprint density at radius 3 is 3.06 bits per heavy atom. The van der Waals surface area contributed by atoms with Gasteiger partial charge in [-0.15, -0.1) is 0 Å². The average Bonchev–Trinajstić information content (AvgIpc) is 2.24. The zero-order valence-electron chi connectivity index (χ0n) is 10.6. The molecule has 96 valence electrons. The van der Waals surface area contributed by atoms with Gasteiger partial charge < -0.3 is 15.2 Å². The molecule has 1 saturated heterocycles. The van der Waals surface area contributed by atoms with Gasteiger partial charge in [-0.05, 0) is 13.3 Å². The fourth-order valence-corrected chi connectivity index (χ4v) is 1.99. The highest BCUT2D eigenvalue weighted by Gasteiger charge is 2.18. The minimum atomic E-state index is -0.345. The lowest BCUT2D eigenvalue weighted by molar-refractivity contribution is 0.0116. The van der Waals surface area contributed by atoms with Gasteiger partial charge in [0.15, 0.2) is 0 Å². The van der Waals surface area contributed by atoms with E-state index >= 15 is 0 Å². The van der Waals surface area contributed by atoms with Gasteiger partial charge in [-0.3, -0.25) is 4.90 Å². The molecule has 0 amide bonds. The van der Waals surface area contributed by atoms with Crippen molar-refractivity contribution in [2.24, 2.45) is 0 Å². The SMILES string of the molecule is CCCCOCC(O)CN1CCNC(C)C1. The van der Waals surface area contributed by atoms with Crippen molar-refractivity contribution in [3.8, 4) is 0 Å². The number of nitrogens with one attached hydrogen (secondary N) is 1. The van der Waals surface area contributed by atoms with E-state index in [2.05, 4.69) is 24.1 Å². The first-order valence-electron chi connectivity index (χ1n) is 6.44. The van der Waals surface area contributed by atoms with Crippen LogP contribution >= 0.6 is 0 Å². The van der Waals surface area contributed by atoms with Crippen LogP contribution in [0.4, 0.5) is 0 Å². The summed E-state index contributed by atoms with van der Waals surface area (Å²) >= 11 is 0. The Balaban J connectivity index is 2.06. The van der Waals surface area contributed by atoms with Gasteiger partial charge >= 0.3 is 0 Å². The van der Waals surface area contributed by atoms with Crippen molar-refractivity contribution in [3.63, 3.8) is 0 Å². The Morgan fingerprint density at radius 2 is 2.38 bits per heavy atom. The molecule has 0 aromatic rings. The predicted octanol–water partition coefficient (Wildman–Crippen LogP) is 0.458. The van der Waals surface area contributed by atoms with Gasteiger partial charge in [0.05, 0.1) is 12.7 Å². The number of piperazine rings is 1. The number of rotatable bonds is 7. The summed E-state index contributed by atoms with van der Waals surface area (Å²) in [6.45, 7) is 9.35. The summed E-state index contributed by atoms with van der Waals surface area (Å²) < 4.78 is 5.41. The minimum Gasteiger partial charge on any atom is -0.389 e. The molecule has 2 unspecified atom stereocenters. The number of hydrogen-bond acceptors (Lipinski definition) is 4. The summed E-state index contributed by atoms with van der Waals surface area (Å²) in [6.07, 6.45) is 1.88. The molecule has 0 bridgehead atoms. The third-order valence-corrected chi connectivity index (χ3v) is 2.87. The van der Waals surface area contributed by atoms with E-state index in [0.717, 1.165) is 45.6 Å². The second kappa shape index (κ2) is 8.01. The quantitative estimate of drug-likeness (QED) is 0.624. The van der Waals surface area contributed by atoms with Gasteiger partial charge in [0, 0.05) is 38.8 Å². The number of ether oxygens (including phenoxy) is 1. The van der Waals surface area contributed by atoms with Crippen LogP contribution in [0.25, 0.3) is 0 Å². The molecular weight excluding hydrogens is 204 g/mol. The number of aliphatic hydroxyl groups is 1. The molecule has 1 aliphatic rings. The molecule has 0 aliphatic carbocycles. The third-order valence-electron chi connectivity index (χ3n) is 2.87. The van der Waals surface area contributed by atoms with Crippen LogP contribution in [0.5, 0.6) is 0 Å². The van der Waals surface area contributed by atoms with Crippen LogP contribution in [0.2, 0.25) is 0 Å². The smallest absolute Gasteiger partial charge is 0.0900 e. The van der Waals surface area contributed by atoms with Crippen molar-refractivity contribution in [2.45, 2.75) is 38.8 Å². The summed E-state index contributed by atoms with van der Waals surface area (Å²) in [5.41, 5.74) is 0. The van der Waals surface area contributed by atoms with Crippen LogP contribution in [0.3, 0.4) is 0 Å². The van der Waals surface area contributed by atoms with Crippen LogP contribution in [-0.2, 0) is 4.74 Å². The highest BCUT2D eigenvalue weighted by atomic mass is 16.5. The number of aliphatic hydroxyl groups excluding tert-OH is 1. The molecule has 1 heterocycles. The minimum absolute atomic E-state index is 0.345. The van der Waals surface area contributed by atoms with Crippen LogP contribution in [0.1, 0.15) is 26.7 Å². The lowest BCUT2D eigenvalue weighted by Crippen LogP contribution is -2.51. The van der Waals surface area contributed by atoms with E-state index in [1.54, 1.807) is 0 Å². The molecule has 0 aromatic carbocycles. The van der Waals surface area contributed by atoms with E-state index in [1.165, 1.54) is 0 Å². The van der Waals surface area contributed by atoms with E-state index < -0.39 is 0 Å². The van der Waals surface area contributed by atoms with Gasteiger partial charge in [0.1, 0.15) is 0 Å². The predicted molar refractivity (Wildman–Crippen MR) is 65.6 cm³/mol. The molecule has 2 N–H and O–H groups in total. The number of β-amino-alcohol motifs (C(OH)–C–C–N with tert-alkyl or cyclic N) is 1. The highest BCUT2D eigenvalue weighted by molar-refractivity contribution is 4.76. The van der Waals surface area contributed by atoms with Crippen molar-refractivity contribution in [1.82, 2.24) is 10.2 Å². The Kier molecular flexibility index (Phi) is 6.96. The van der Waals surface area contributed by atoms with Crippen molar-refractivity contribution < 1.29 is 9.84 Å². The Morgan fingerprint density at radius 1 is 1.56 bits per heavy atom. The molecule has 0 spiro atoms. The average molecular weight is 230 g/mol. The van der Waals surface area contributed by atoms with E-state index in [0.29, 0.717) is 12.6 Å². The summed E-state index contributed by atoms with van der Waals surface area (Å²) in [4.78, 5) is 2.30. The van der Waals surface area contributed by atoms with Crippen molar-refractivity contribution in [3.05, 3.63) is 0 Å². The van der Waals surface area contributed by atoms with Crippen LogP contribution in [0.15, 0.2) is 0 Å². The fraction of sp³-hybridized carbons (Fsp3) is 1.00. The summed E-state index contributed by atoms with van der Waals surface area (Å²) in [6, 6.07) is 0.530. The van der Waals surface area contributed by atoms with Gasteiger partial charge in [-0.2, -0.15) is 0 Å². The molecule has 0 saturated carbocycles. The van der Waals surface area contributed by atoms with Crippen LogP contribution < -0.4 is 5.32 Å². The first-order valence-corrected chi connectivity index (χ1v) is 6.44. The molecule has 16 heavy (non-hydrogen) atoms. The summed E-state index contributed by atoms with van der Waals surface area (Å²) in [5, 5.41) is 13.2. The standard InChI is InChI=1S/C12H26N2O2/c1-3-4-7-16-10-12(15)9-14-6-5-13-11(2)8-14/h11-13,15H,3-10H2,1-2H3. The Labute approximate surface area is 99.0 Å². The largest absolute Gasteiger partial charge is 0.389 e. The van der Waals surface area contributed by atoms with E-state index in [9.17, 15) is 5.11 Å². The first-order chi connectivity index (χ1) is 7.72. The topological polar surface area (TPSA) is 44.7 Å². The molecule has 1 fully saturated rings. The molecule has 4 nitrogen and oxygen atoms in total. The van der Waals surface area contributed by atoms with E-state index in [4.69, 9.17) is 4.74 Å². The van der Waals surface area contributed by atoms with Crippen LogP contribution in [-0.4, -0.2) is 61.5 Å². The molecule has 0 aromatic heterocycles. The summed E-state index contributed by atoms with van der Waals surface area (Å²) in [5.74, 6) is 0. The third kappa shape index (κ3) is 5.80. The first kappa shape index (κ1) is 13.9. The molecule has 0 radical (unpaired) electrons. The Bertz CT molecular complexity index is 178. The summed E-state index contributed by atoms with van der Waals surface area (Å²) in [7, 11) is 0. The number of nitrogens with zero attached hydrogens (tertiary/aromatic N) is 1. The molecular formula is C12H26N2O2. The molecule has 4 heteroatoms. The molecule has 1 aliphatic heterocycles. The highest BCUT2D eigenvalue weighted by Crippen LogP contribution is 2.00.